The molecule has 10 heavy (non-hydrogen) atoms. The van der Waals surface area contributed by atoms with Crippen LogP contribution in [0.3, 0.4) is 0 Å². The van der Waals surface area contributed by atoms with Crippen molar-refractivity contribution < 1.29 is 5.11 Å². The van der Waals surface area contributed by atoms with Crippen LogP contribution in [-0.2, 0) is 5.11 Å². The van der Waals surface area contributed by atoms with Crippen molar-refractivity contribution in [3.05, 3.63) is 0 Å². The Morgan fingerprint density at radius 1 is 1.40 bits per heavy atom. The van der Waals surface area contributed by atoms with Gasteiger partial charge in [-0.05, 0) is 18.1 Å². The zero-order valence-corrected chi connectivity index (χ0v) is 7.91. The second kappa shape index (κ2) is 6.05. The molecule has 0 heterocycles. The molecule has 0 spiro atoms. The lowest BCUT2D eigenvalue weighted by Crippen LogP contribution is -2.08. The van der Waals surface area contributed by atoms with E-state index in [0.717, 1.165) is 12.2 Å². The van der Waals surface area contributed by atoms with Crippen LogP contribution in [0, 0.1) is 5.92 Å². The predicted molar refractivity (Wildman–Crippen MR) is 46.9 cm³/mol. The molecular weight excluding hydrogens is 144 g/mol. The van der Waals surface area contributed by atoms with Crippen molar-refractivity contribution in [2.24, 2.45) is 5.92 Å². The van der Waals surface area contributed by atoms with Gasteiger partial charge in [-0.2, -0.15) is 11.8 Å². The highest BCUT2D eigenvalue weighted by molar-refractivity contribution is 7.99. The van der Waals surface area contributed by atoms with Crippen LogP contribution >= 0.6 is 11.8 Å². The second-order valence-electron chi connectivity index (χ2n) is 2.92. The van der Waals surface area contributed by atoms with Crippen molar-refractivity contribution in [2.45, 2.75) is 32.4 Å². The Balaban J connectivity index is 3.26. The topological polar surface area (TPSA) is 19.9 Å². The summed E-state index contributed by atoms with van der Waals surface area (Å²) in [6.07, 6.45) is 1.01. The summed E-state index contributed by atoms with van der Waals surface area (Å²) in [6, 6.07) is 0. The molecule has 0 saturated carbocycles. The van der Waals surface area contributed by atoms with E-state index < -0.39 is 0 Å². The van der Waals surface area contributed by atoms with Gasteiger partial charge in [-0.25, -0.2) is 5.11 Å². The van der Waals surface area contributed by atoms with Crippen LogP contribution in [0.4, 0.5) is 0 Å². The summed E-state index contributed by atoms with van der Waals surface area (Å²) in [5.74, 6) is 1.84. The zero-order valence-electron chi connectivity index (χ0n) is 7.09. The van der Waals surface area contributed by atoms with E-state index >= 15 is 0 Å². The van der Waals surface area contributed by atoms with Crippen LogP contribution < -0.4 is 0 Å². The lowest BCUT2D eigenvalue weighted by atomic mass is 10.3. The molecule has 0 aliphatic carbocycles. The Morgan fingerprint density at radius 3 is 2.30 bits per heavy atom. The third kappa shape index (κ3) is 5.12. The smallest absolute Gasteiger partial charge is 0.0940 e. The molecular formula is C8H17OS. The minimum absolute atomic E-state index is 0.0773. The molecule has 61 valence electrons. The van der Waals surface area contributed by atoms with Crippen molar-refractivity contribution in [1.29, 1.82) is 0 Å². The Hall–Kier alpha value is 0.310. The first-order chi connectivity index (χ1) is 4.70. The molecule has 1 radical (unpaired) electrons. The van der Waals surface area contributed by atoms with Crippen LogP contribution in [-0.4, -0.2) is 17.6 Å². The second-order valence-corrected chi connectivity index (χ2v) is 4.26. The van der Waals surface area contributed by atoms with E-state index in [1.54, 1.807) is 0 Å². The monoisotopic (exact) mass is 161 g/mol. The van der Waals surface area contributed by atoms with Gasteiger partial charge in [-0.3, -0.25) is 0 Å². The highest BCUT2D eigenvalue weighted by Crippen LogP contribution is 2.16. The van der Waals surface area contributed by atoms with Gasteiger partial charge in [-0.1, -0.05) is 20.8 Å². The Labute approximate surface area is 68.2 Å². The average molecular weight is 161 g/mol. The first-order valence-corrected chi connectivity index (χ1v) is 4.95. The van der Waals surface area contributed by atoms with Gasteiger partial charge in [0.1, 0.15) is 0 Å². The van der Waals surface area contributed by atoms with E-state index in [2.05, 4.69) is 20.8 Å². The maximum Gasteiger partial charge on any atom is 0.0940 e. The molecule has 0 N–H and O–H groups in total. The molecule has 1 nitrogen and oxygen atoms in total. The molecule has 0 saturated heterocycles. The van der Waals surface area contributed by atoms with E-state index in [-0.39, 0.29) is 6.61 Å². The van der Waals surface area contributed by atoms with Crippen molar-refractivity contribution in [2.75, 3.05) is 12.4 Å². The maximum atomic E-state index is 10.5. The number of hydrogen-bond acceptors (Lipinski definition) is 1. The first kappa shape index (κ1) is 10.3. The molecule has 0 fully saturated rings. The lowest BCUT2D eigenvalue weighted by Gasteiger charge is -2.11. The quantitative estimate of drug-likeness (QED) is 0.606. The Bertz CT molecular complexity index is 69.7. The molecule has 0 aliphatic rings. The van der Waals surface area contributed by atoms with Crippen LogP contribution in [0.2, 0.25) is 0 Å². The molecule has 0 aromatic rings. The minimum atomic E-state index is 0.0773. The van der Waals surface area contributed by atoms with Crippen molar-refractivity contribution in [1.82, 2.24) is 0 Å². The predicted octanol–water partition coefficient (Wildman–Crippen LogP) is 2.58. The maximum absolute atomic E-state index is 10.5. The minimum Gasteiger partial charge on any atom is -0.236 e. The molecule has 0 amide bonds. The van der Waals surface area contributed by atoms with Crippen molar-refractivity contribution in [3.63, 3.8) is 0 Å². The van der Waals surface area contributed by atoms with E-state index in [9.17, 15) is 5.11 Å². The molecule has 2 heteroatoms. The van der Waals surface area contributed by atoms with Gasteiger partial charge in [0.05, 0.1) is 6.61 Å². The number of hydrogen-bond donors (Lipinski definition) is 0. The average Bonchev–Trinajstić information content (AvgIpc) is 1.90. The van der Waals surface area contributed by atoms with E-state index in [4.69, 9.17) is 0 Å². The largest absolute Gasteiger partial charge is 0.236 e. The lowest BCUT2D eigenvalue weighted by molar-refractivity contribution is 0.193. The molecule has 1 atom stereocenters. The number of rotatable bonds is 5. The van der Waals surface area contributed by atoms with Crippen molar-refractivity contribution >= 4 is 11.8 Å². The third-order valence-corrected chi connectivity index (χ3v) is 3.11. The number of thioether (sulfide) groups is 1. The fourth-order valence-electron chi connectivity index (χ4n) is 0.612. The Morgan fingerprint density at radius 2 is 2.00 bits per heavy atom. The van der Waals surface area contributed by atoms with Crippen LogP contribution in [0.15, 0.2) is 0 Å². The molecule has 0 bridgehead atoms. The summed E-state index contributed by atoms with van der Waals surface area (Å²) >= 11 is 1.82. The van der Waals surface area contributed by atoms with Gasteiger partial charge in [-0.15, -0.1) is 0 Å². The van der Waals surface area contributed by atoms with E-state index in [1.807, 2.05) is 11.8 Å². The van der Waals surface area contributed by atoms with Crippen molar-refractivity contribution in [3.8, 4) is 0 Å². The standard InChI is InChI=1S/C8H17OS/c1-4-8(5-9)10-6-7(2)3/h7-8H,4-6H2,1-3H3. The molecule has 0 aliphatic heterocycles. The summed E-state index contributed by atoms with van der Waals surface area (Å²) in [4.78, 5) is 0. The van der Waals surface area contributed by atoms with Gasteiger partial charge in [0.25, 0.3) is 0 Å². The SMILES string of the molecule is CCC(C[O])SCC(C)C. The summed E-state index contributed by atoms with van der Waals surface area (Å²) in [7, 11) is 0. The molecule has 0 aromatic heterocycles. The van der Waals surface area contributed by atoms with Gasteiger partial charge < -0.3 is 0 Å². The fourth-order valence-corrected chi connectivity index (χ4v) is 1.60. The van der Waals surface area contributed by atoms with Gasteiger partial charge >= 0.3 is 0 Å². The van der Waals surface area contributed by atoms with Gasteiger partial charge in [0.15, 0.2) is 0 Å². The van der Waals surface area contributed by atoms with Crippen LogP contribution in [0.1, 0.15) is 27.2 Å². The van der Waals surface area contributed by atoms with Crippen LogP contribution in [0.5, 0.6) is 0 Å². The fraction of sp³-hybridized carbons (Fsp3) is 1.00. The summed E-state index contributed by atoms with van der Waals surface area (Å²) < 4.78 is 0. The molecule has 1 unspecified atom stereocenters. The summed E-state index contributed by atoms with van der Waals surface area (Å²) in [6.45, 7) is 6.53. The Kier molecular flexibility index (Phi) is 6.24. The van der Waals surface area contributed by atoms with Gasteiger partial charge in [0, 0.05) is 5.25 Å². The van der Waals surface area contributed by atoms with E-state index in [0.29, 0.717) is 11.2 Å². The van der Waals surface area contributed by atoms with E-state index in [1.165, 1.54) is 0 Å². The first-order valence-electron chi connectivity index (χ1n) is 3.90. The summed E-state index contributed by atoms with van der Waals surface area (Å²) in [5, 5.41) is 10.8. The molecule has 0 aromatic carbocycles. The highest BCUT2D eigenvalue weighted by atomic mass is 32.2. The normalized spacial score (nSPS) is 14.1. The zero-order chi connectivity index (χ0) is 7.98. The van der Waals surface area contributed by atoms with Gasteiger partial charge in [0.2, 0.25) is 0 Å². The van der Waals surface area contributed by atoms with Crippen LogP contribution in [0.25, 0.3) is 0 Å². The highest BCUT2D eigenvalue weighted by Gasteiger charge is 2.05. The molecule has 0 rings (SSSR count). The third-order valence-electron chi connectivity index (χ3n) is 1.31. The summed E-state index contributed by atoms with van der Waals surface area (Å²) in [5.41, 5.74) is 0.